The van der Waals surface area contributed by atoms with Crippen molar-refractivity contribution in [1.29, 1.82) is 0 Å². The number of allylic oxidation sites excluding steroid dienone is 5. The van der Waals surface area contributed by atoms with Crippen molar-refractivity contribution in [1.82, 2.24) is 14.9 Å². The Balaban J connectivity index is 2.21. The number of hydrogen-bond donors (Lipinski definition) is 1. The molecule has 0 saturated carbocycles. The van der Waals surface area contributed by atoms with Gasteiger partial charge in [-0.1, -0.05) is 19.2 Å². The zero-order valence-electron chi connectivity index (χ0n) is 14.6. The van der Waals surface area contributed by atoms with Crippen LogP contribution in [0.15, 0.2) is 55.4 Å². The summed E-state index contributed by atoms with van der Waals surface area (Å²) in [6.07, 6.45) is 10.4. The number of likely N-dealkylation sites (N-methyl/N-ethyl adjacent to an activating group) is 1. The van der Waals surface area contributed by atoms with Gasteiger partial charge >= 0.3 is 5.97 Å². The number of carboxylic acid groups (broad SMARTS) is 1. The van der Waals surface area contributed by atoms with Gasteiger partial charge in [0, 0.05) is 31.3 Å². The van der Waals surface area contributed by atoms with Crippen LogP contribution in [0.2, 0.25) is 0 Å². The molecule has 0 unspecified atom stereocenters. The molecule has 1 saturated heterocycles. The molecule has 25 heavy (non-hydrogen) atoms. The van der Waals surface area contributed by atoms with Crippen molar-refractivity contribution in [2.45, 2.75) is 6.42 Å². The second kappa shape index (κ2) is 8.94. The molecule has 6 nitrogen and oxygen atoms in total. The minimum Gasteiger partial charge on any atom is -0.478 e. The van der Waals surface area contributed by atoms with Crippen molar-refractivity contribution in [3.63, 3.8) is 0 Å². The molecule has 1 aliphatic rings. The molecular weight excluding hydrogens is 316 g/mol. The third-order valence-electron chi connectivity index (χ3n) is 3.96. The van der Waals surface area contributed by atoms with E-state index in [1.807, 2.05) is 0 Å². The summed E-state index contributed by atoms with van der Waals surface area (Å²) in [7, 11) is 2.13. The molecule has 2 rings (SSSR count). The Morgan fingerprint density at radius 2 is 2.04 bits per heavy atom. The molecule has 0 amide bonds. The first-order valence-electron chi connectivity index (χ1n) is 8.19. The second-order valence-electron chi connectivity index (χ2n) is 5.96. The summed E-state index contributed by atoms with van der Waals surface area (Å²) in [5.41, 5.74) is 2.00. The van der Waals surface area contributed by atoms with E-state index < -0.39 is 5.97 Å². The van der Waals surface area contributed by atoms with E-state index in [1.165, 1.54) is 6.08 Å². The Labute approximate surface area is 148 Å². The summed E-state index contributed by atoms with van der Waals surface area (Å²) in [6, 6.07) is 0. The van der Waals surface area contributed by atoms with Gasteiger partial charge in [-0.05, 0) is 37.7 Å². The molecule has 1 N–H and O–H groups in total. The molecule has 132 valence electrons. The Morgan fingerprint density at radius 3 is 2.76 bits per heavy atom. The number of nitrogens with zero attached hydrogens (tertiary/aromatic N) is 4. The number of hydrogen-bond acceptors (Lipinski definition) is 5. The molecule has 2 heterocycles. The summed E-state index contributed by atoms with van der Waals surface area (Å²) in [4.78, 5) is 24.2. The molecular formula is C19H24N4O2. The maximum atomic E-state index is 10.6. The van der Waals surface area contributed by atoms with Crippen molar-refractivity contribution >= 4 is 17.4 Å². The van der Waals surface area contributed by atoms with Crippen molar-refractivity contribution in [3.05, 3.63) is 61.1 Å². The topological polar surface area (TPSA) is 69.6 Å². The van der Waals surface area contributed by atoms with Crippen molar-refractivity contribution in [2.24, 2.45) is 0 Å². The van der Waals surface area contributed by atoms with E-state index in [2.05, 4.69) is 35.0 Å². The van der Waals surface area contributed by atoms with Gasteiger partial charge in [0.25, 0.3) is 0 Å². The molecule has 1 aromatic rings. The van der Waals surface area contributed by atoms with Gasteiger partial charge in [-0.3, -0.25) is 4.98 Å². The highest BCUT2D eigenvalue weighted by molar-refractivity contribution is 5.81. The van der Waals surface area contributed by atoms with Crippen LogP contribution in [0.3, 0.4) is 0 Å². The zero-order chi connectivity index (χ0) is 18.2. The predicted octanol–water partition coefficient (Wildman–Crippen LogP) is 2.38. The van der Waals surface area contributed by atoms with Gasteiger partial charge in [0.1, 0.15) is 5.82 Å². The number of carbonyl (C=O) groups is 1. The van der Waals surface area contributed by atoms with Crippen LogP contribution >= 0.6 is 0 Å². The molecule has 0 atom stereocenters. The molecule has 1 aromatic heterocycles. The Hall–Kier alpha value is -2.73. The number of aromatic nitrogens is 2. The fourth-order valence-electron chi connectivity index (χ4n) is 2.59. The summed E-state index contributed by atoms with van der Waals surface area (Å²) in [5.74, 6) is -0.171. The van der Waals surface area contributed by atoms with Crippen molar-refractivity contribution in [2.75, 3.05) is 38.1 Å². The Kier molecular flexibility index (Phi) is 6.65. The number of anilines is 1. The van der Waals surface area contributed by atoms with Gasteiger partial charge in [0.15, 0.2) is 0 Å². The standard InChI is InChI=1S/C19H24N4O2/c1-4-16(12-15(2)6-7-19(24)25)17-13-20-14-18(21-17)23-9-5-8-22(3)10-11-23/h4,6-7,12-14H,1-2,5,8-11H2,3H3,(H,24,25)/b7-6+,16-12+. The Bertz CT molecular complexity index is 709. The van der Waals surface area contributed by atoms with Gasteiger partial charge in [-0.25, -0.2) is 9.78 Å². The molecule has 0 spiro atoms. The van der Waals surface area contributed by atoms with E-state index in [-0.39, 0.29) is 0 Å². The van der Waals surface area contributed by atoms with E-state index in [0.717, 1.165) is 50.1 Å². The number of carboxylic acids is 1. The molecule has 0 aliphatic carbocycles. The maximum Gasteiger partial charge on any atom is 0.328 e. The average Bonchev–Trinajstić information content (AvgIpc) is 2.82. The van der Waals surface area contributed by atoms with Gasteiger partial charge in [-0.2, -0.15) is 0 Å². The number of aliphatic carboxylic acids is 1. The van der Waals surface area contributed by atoms with Crippen LogP contribution < -0.4 is 4.90 Å². The van der Waals surface area contributed by atoms with E-state index in [9.17, 15) is 4.79 Å². The van der Waals surface area contributed by atoms with Gasteiger partial charge in [-0.15, -0.1) is 0 Å². The third-order valence-corrected chi connectivity index (χ3v) is 3.96. The van der Waals surface area contributed by atoms with Gasteiger partial charge in [0.05, 0.1) is 18.1 Å². The minimum absolute atomic E-state index is 0.556. The minimum atomic E-state index is -1.01. The largest absolute Gasteiger partial charge is 0.478 e. The van der Waals surface area contributed by atoms with Crippen LogP contribution in [0.25, 0.3) is 5.57 Å². The van der Waals surface area contributed by atoms with E-state index >= 15 is 0 Å². The lowest BCUT2D eigenvalue weighted by Crippen LogP contribution is -2.29. The molecule has 1 fully saturated rings. The Morgan fingerprint density at radius 1 is 1.24 bits per heavy atom. The lowest BCUT2D eigenvalue weighted by atomic mass is 10.1. The maximum absolute atomic E-state index is 10.6. The molecule has 0 aromatic carbocycles. The van der Waals surface area contributed by atoms with Crippen LogP contribution in [-0.2, 0) is 4.79 Å². The second-order valence-corrected chi connectivity index (χ2v) is 5.96. The quantitative estimate of drug-likeness (QED) is 0.633. The van der Waals surface area contributed by atoms with Crippen molar-refractivity contribution < 1.29 is 9.90 Å². The lowest BCUT2D eigenvalue weighted by molar-refractivity contribution is -0.131. The van der Waals surface area contributed by atoms with E-state index in [4.69, 9.17) is 10.1 Å². The first-order valence-corrected chi connectivity index (χ1v) is 8.19. The number of rotatable bonds is 6. The summed E-state index contributed by atoms with van der Waals surface area (Å²) in [6.45, 7) is 11.6. The normalized spacial score (nSPS) is 16.7. The summed E-state index contributed by atoms with van der Waals surface area (Å²) < 4.78 is 0. The monoisotopic (exact) mass is 340 g/mol. The van der Waals surface area contributed by atoms with Crippen molar-refractivity contribution in [3.8, 4) is 0 Å². The van der Waals surface area contributed by atoms with Crippen LogP contribution in [0, 0.1) is 0 Å². The van der Waals surface area contributed by atoms with Crippen LogP contribution in [0.4, 0.5) is 5.82 Å². The molecule has 1 aliphatic heterocycles. The lowest BCUT2D eigenvalue weighted by Gasteiger charge is -2.21. The summed E-state index contributed by atoms with van der Waals surface area (Å²) >= 11 is 0. The smallest absolute Gasteiger partial charge is 0.328 e. The van der Waals surface area contributed by atoms with Gasteiger partial charge in [0.2, 0.25) is 0 Å². The average molecular weight is 340 g/mol. The summed E-state index contributed by atoms with van der Waals surface area (Å²) in [5, 5.41) is 8.69. The highest BCUT2D eigenvalue weighted by Crippen LogP contribution is 2.19. The fraction of sp³-hybridized carbons (Fsp3) is 0.316. The van der Waals surface area contributed by atoms with E-state index in [1.54, 1.807) is 24.5 Å². The third kappa shape index (κ3) is 5.69. The predicted molar refractivity (Wildman–Crippen MR) is 100 cm³/mol. The first kappa shape index (κ1) is 18.6. The highest BCUT2D eigenvalue weighted by Gasteiger charge is 2.14. The van der Waals surface area contributed by atoms with Crippen LogP contribution in [-0.4, -0.2) is 59.2 Å². The molecule has 0 radical (unpaired) electrons. The van der Waals surface area contributed by atoms with Crippen LogP contribution in [0.5, 0.6) is 0 Å². The van der Waals surface area contributed by atoms with Crippen LogP contribution in [0.1, 0.15) is 12.1 Å². The molecule has 0 bridgehead atoms. The highest BCUT2D eigenvalue weighted by atomic mass is 16.4. The fourth-order valence-corrected chi connectivity index (χ4v) is 2.59. The van der Waals surface area contributed by atoms with E-state index in [0.29, 0.717) is 11.3 Å². The van der Waals surface area contributed by atoms with Gasteiger partial charge < -0.3 is 14.9 Å². The molecule has 6 heteroatoms. The zero-order valence-corrected chi connectivity index (χ0v) is 14.6. The first-order chi connectivity index (χ1) is 12.0. The SMILES string of the molecule is C=C/C(=C\C(=C)/C=C/C(=O)O)c1cncc(N2CCCN(C)CC2)n1.